The summed E-state index contributed by atoms with van der Waals surface area (Å²) in [5.41, 5.74) is 0.584. The molecule has 1 N–H and O–H groups in total. The Morgan fingerprint density at radius 2 is 2.18 bits per heavy atom. The third kappa shape index (κ3) is 4.38. The molecule has 1 rings (SSSR count). The lowest BCUT2D eigenvalue weighted by atomic mass is 10.1. The topological polar surface area (TPSA) is 38.3 Å². The molecule has 0 aliphatic heterocycles. The summed E-state index contributed by atoms with van der Waals surface area (Å²) >= 11 is 3.38. The maximum atomic E-state index is 12.0. The van der Waals surface area contributed by atoms with Gasteiger partial charge in [-0.25, -0.2) is 0 Å². The van der Waals surface area contributed by atoms with Crippen LogP contribution in [0.3, 0.4) is 0 Å². The van der Waals surface area contributed by atoms with E-state index < -0.39 is 0 Å². The van der Waals surface area contributed by atoms with Crippen molar-refractivity contribution >= 4 is 21.8 Å². The van der Waals surface area contributed by atoms with Gasteiger partial charge in [0.1, 0.15) is 5.75 Å². The molecule has 0 aromatic heterocycles. The summed E-state index contributed by atoms with van der Waals surface area (Å²) in [6.45, 7) is 2.01. The molecule has 1 atom stereocenters. The lowest BCUT2D eigenvalue weighted by Gasteiger charge is -2.14. The van der Waals surface area contributed by atoms with Crippen LogP contribution < -0.4 is 10.1 Å². The maximum absolute atomic E-state index is 12.0. The van der Waals surface area contributed by atoms with Gasteiger partial charge >= 0.3 is 0 Å². The summed E-state index contributed by atoms with van der Waals surface area (Å²) < 4.78 is 5.16. The molecule has 4 heteroatoms. The van der Waals surface area contributed by atoms with Crippen LogP contribution in [0.1, 0.15) is 30.1 Å². The van der Waals surface area contributed by atoms with Crippen molar-refractivity contribution in [2.45, 2.75) is 25.8 Å². The number of nitrogens with one attached hydrogen (secondary N) is 1. The van der Waals surface area contributed by atoms with E-state index in [9.17, 15) is 4.79 Å². The van der Waals surface area contributed by atoms with Gasteiger partial charge in [0.15, 0.2) is 0 Å². The van der Waals surface area contributed by atoms with Gasteiger partial charge in [0.2, 0.25) is 0 Å². The average molecular weight is 300 g/mol. The summed E-state index contributed by atoms with van der Waals surface area (Å²) in [6, 6.07) is 7.42. The third-order valence-corrected chi connectivity index (χ3v) is 3.06. The van der Waals surface area contributed by atoms with Crippen LogP contribution in [0, 0.1) is 0 Å². The van der Waals surface area contributed by atoms with Crippen LogP contribution in [0.2, 0.25) is 0 Å². The molecule has 0 aliphatic carbocycles. The number of carbonyl (C=O) groups is 1. The molecule has 0 saturated heterocycles. The first kappa shape index (κ1) is 14.0. The van der Waals surface area contributed by atoms with Crippen LogP contribution in [0.4, 0.5) is 0 Å². The number of benzene rings is 1. The lowest BCUT2D eigenvalue weighted by Crippen LogP contribution is -2.32. The molecule has 94 valence electrons. The Hall–Kier alpha value is -1.03. The summed E-state index contributed by atoms with van der Waals surface area (Å²) in [4.78, 5) is 12.0. The van der Waals surface area contributed by atoms with E-state index in [4.69, 9.17) is 4.74 Å². The highest BCUT2D eigenvalue weighted by Gasteiger charge is 2.13. The molecule has 1 aromatic rings. The second kappa shape index (κ2) is 7.33. The van der Waals surface area contributed by atoms with E-state index in [1.54, 1.807) is 19.2 Å². The number of carbonyl (C=O) groups excluding carboxylic acids is 1. The largest absolute Gasteiger partial charge is 0.496 e. The van der Waals surface area contributed by atoms with Gasteiger partial charge in [-0.15, -0.1) is 0 Å². The smallest absolute Gasteiger partial charge is 0.255 e. The van der Waals surface area contributed by atoms with Gasteiger partial charge in [-0.3, -0.25) is 4.79 Å². The number of amides is 1. The van der Waals surface area contributed by atoms with Crippen molar-refractivity contribution in [2.24, 2.45) is 0 Å². The number of alkyl halides is 1. The molecule has 0 spiro atoms. The van der Waals surface area contributed by atoms with E-state index in [0.29, 0.717) is 11.3 Å². The van der Waals surface area contributed by atoms with Crippen molar-refractivity contribution in [1.82, 2.24) is 5.32 Å². The maximum Gasteiger partial charge on any atom is 0.255 e. The first-order valence-corrected chi connectivity index (χ1v) is 6.81. The Labute approximate surface area is 111 Å². The number of halogens is 1. The van der Waals surface area contributed by atoms with Crippen molar-refractivity contribution in [3.8, 4) is 5.75 Å². The quantitative estimate of drug-likeness (QED) is 0.820. The second-order valence-electron chi connectivity index (χ2n) is 3.91. The number of hydrogen-bond donors (Lipinski definition) is 1. The summed E-state index contributed by atoms with van der Waals surface area (Å²) in [6.07, 6.45) is 2.01. The molecule has 1 unspecified atom stereocenters. The first-order valence-electron chi connectivity index (χ1n) is 5.69. The van der Waals surface area contributed by atoms with E-state index in [1.807, 2.05) is 19.1 Å². The molecular formula is C13H18BrNO2. The Morgan fingerprint density at radius 3 is 2.82 bits per heavy atom. The molecule has 0 radical (unpaired) electrons. The van der Waals surface area contributed by atoms with Crippen LogP contribution in [0.25, 0.3) is 0 Å². The fourth-order valence-electron chi connectivity index (χ4n) is 1.59. The van der Waals surface area contributed by atoms with E-state index in [2.05, 4.69) is 21.2 Å². The Balaban J connectivity index is 2.63. The lowest BCUT2D eigenvalue weighted by molar-refractivity contribution is 0.0935. The fraction of sp³-hybridized carbons (Fsp3) is 0.462. The second-order valence-corrected chi connectivity index (χ2v) is 4.70. The average Bonchev–Trinajstić information content (AvgIpc) is 2.36. The third-order valence-electron chi connectivity index (χ3n) is 2.50. The zero-order chi connectivity index (χ0) is 12.7. The van der Waals surface area contributed by atoms with Crippen LogP contribution in [0.15, 0.2) is 24.3 Å². The van der Waals surface area contributed by atoms with Crippen molar-refractivity contribution in [3.63, 3.8) is 0 Å². The van der Waals surface area contributed by atoms with E-state index in [-0.39, 0.29) is 11.9 Å². The van der Waals surface area contributed by atoms with Gasteiger partial charge in [-0.1, -0.05) is 28.1 Å². The minimum absolute atomic E-state index is 0.0791. The number of ether oxygens (including phenoxy) is 1. The van der Waals surface area contributed by atoms with Crippen molar-refractivity contribution in [1.29, 1.82) is 0 Å². The van der Waals surface area contributed by atoms with Crippen LogP contribution in [-0.2, 0) is 0 Å². The van der Waals surface area contributed by atoms with Crippen molar-refractivity contribution < 1.29 is 9.53 Å². The zero-order valence-electron chi connectivity index (χ0n) is 10.2. The number of rotatable bonds is 6. The van der Waals surface area contributed by atoms with Gasteiger partial charge in [0, 0.05) is 11.4 Å². The van der Waals surface area contributed by atoms with Crippen molar-refractivity contribution in [3.05, 3.63) is 29.8 Å². The summed E-state index contributed by atoms with van der Waals surface area (Å²) in [5, 5.41) is 3.93. The normalized spacial score (nSPS) is 11.9. The molecule has 0 fully saturated rings. The van der Waals surface area contributed by atoms with Gasteiger partial charge in [-0.05, 0) is 31.9 Å². The number of para-hydroxylation sites is 1. The molecular weight excluding hydrogens is 282 g/mol. The van der Waals surface area contributed by atoms with Crippen LogP contribution in [-0.4, -0.2) is 24.4 Å². The predicted octanol–water partition coefficient (Wildman–Crippen LogP) is 2.99. The minimum atomic E-state index is -0.0791. The molecule has 0 bridgehead atoms. The van der Waals surface area contributed by atoms with Crippen LogP contribution >= 0.6 is 15.9 Å². The molecule has 3 nitrogen and oxygen atoms in total. The highest BCUT2D eigenvalue weighted by Crippen LogP contribution is 2.17. The highest BCUT2D eigenvalue weighted by molar-refractivity contribution is 9.09. The molecule has 1 amide bonds. The first-order chi connectivity index (χ1) is 8.19. The van der Waals surface area contributed by atoms with Gasteiger partial charge in [-0.2, -0.15) is 0 Å². The van der Waals surface area contributed by atoms with Gasteiger partial charge in [0.05, 0.1) is 12.7 Å². The number of hydrogen-bond acceptors (Lipinski definition) is 2. The summed E-state index contributed by atoms with van der Waals surface area (Å²) in [5.74, 6) is 0.530. The predicted molar refractivity (Wildman–Crippen MR) is 73.0 cm³/mol. The molecule has 0 heterocycles. The molecule has 17 heavy (non-hydrogen) atoms. The van der Waals surface area contributed by atoms with E-state index in [1.165, 1.54) is 0 Å². The highest BCUT2D eigenvalue weighted by atomic mass is 79.9. The van der Waals surface area contributed by atoms with Crippen molar-refractivity contribution in [2.75, 3.05) is 12.4 Å². The Kier molecular flexibility index (Phi) is 6.05. The molecule has 0 aliphatic rings. The SMILES string of the molecule is COc1ccccc1C(=O)NC(C)CCCBr. The minimum Gasteiger partial charge on any atom is -0.496 e. The van der Waals surface area contributed by atoms with E-state index in [0.717, 1.165) is 18.2 Å². The molecule has 0 saturated carbocycles. The zero-order valence-corrected chi connectivity index (χ0v) is 11.8. The monoisotopic (exact) mass is 299 g/mol. The van der Waals surface area contributed by atoms with Gasteiger partial charge in [0.25, 0.3) is 5.91 Å². The number of methoxy groups -OCH3 is 1. The van der Waals surface area contributed by atoms with Gasteiger partial charge < -0.3 is 10.1 Å². The van der Waals surface area contributed by atoms with Crippen LogP contribution in [0.5, 0.6) is 5.75 Å². The standard InChI is InChI=1S/C13H18BrNO2/c1-10(6-5-9-14)15-13(16)11-7-3-4-8-12(11)17-2/h3-4,7-8,10H,5-6,9H2,1-2H3,(H,15,16). The fourth-order valence-corrected chi connectivity index (χ4v) is 1.91. The Bertz CT molecular complexity index is 368. The molecule has 1 aromatic carbocycles. The summed E-state index contributed by atoms with van der Waals surface area (Å²) in [7, 11) is 1.57. The Morgan fingerprint density at radius 1 is 1.47 bits per heavy atom. The van der Waals surface area contributed by atoms with E-state index >= 15 is 0 Å².